The molecule has 6 N–H and O–H groups in total. The molecule has 5 unspecified atom stereocenters. The Labute approximate surface area is 277 Å². The second-order valence-corrected chi connectivity index (χ2v) is 16.9. The van der Waals surface area contributed by atoms with Crippen molar-refractivity contribution < 1.29 is 24.3 Å². The molecule has 3 aliphatic carbocycles. The minimum Gasteiger partial charge on any atom is -0.376 e. The molecule has 1 saturated heterocycles. The maximum atomic E-state index is 13.9. The van der Waals surface area contributed by atoms with Crippen LogP contribution in [0.2, 0.25) is 0 Å². The van der Waals surface area contributed by atoms with Gasteiger partial charge in [0.1, 0.15) is 6.23 Å². The standard InChI is InChI=1S/C35H53N5O5S/c1-33(2,3)28(38-32(45)39-35(16-10-7-11-17-35)20-46-22-12-8-6-9-13-22)31(44)40-19-23-25(34(23,4)5)26(40)30(43)37-24(18-21-14-15-21)27(41)29(36)42/h6,8-9,12-13,21,23-26,28,31,44H,7,10-11,14-20H2,1-5H3,(H2,36,42)(H,37,43)(H2,38,39,45)/t23?,24?,25?,26?,28-,31?/m1/s1. The second kappa shape index (κ2) is 13.5. The molecule has 4 aliphatic rings. The lowest BCUT2D eigenvalue weighted by Crippen LogP contribution is -2.65. The fraction of sp³-hybridized carbons (Fsp3) is 0.714. The second-order valence-electron chi connectivity index (χ2n) is 15.9. The van der Waals surface area contributed by atoms with Gasteiger partial charge in [-0.05, 0) is 60.0 Å². The number of rotatable bonds is 13. The van der Waals surface area contributed by atoms with Gasteiger partial charge >= 0.3 is 6.03 Å². The van der Waals surface area contributed by atoms with Crippen LogP contribution in [0, 0.1) is 28.6 Å². The number of primary amides is 1. The molecule has 0 radical (unpaired) electrons. The average molecular weight is 656 g/mol. The van der Waals surface area contributed by atoms with Gasteiger partial charge in [-0.3, -0.25) is 19.3 Å². The van der Waals surface area contributed by atoms with E-state index in [0.29, 0.717) is 13.0 Å². The van der Waals surface area contributed by atoms with Gasteiger partial charge in [0.15, 0.2) is 0 Å². The fourth-order valence-electron chi connectivity index (χ4n) is 7.86. The first-order chi connectivity index (χ1) is 21.6. The molecule has 1 aromatic rings. The van der Waals surface area contributed by atoms with Crippen LogP contribution < -0.4 is 21.7 Å². The zero-order valence-corrected chi connectivity index (χ0v) is 28.8. The minimum atomic E-state index is -1.15. The lowest BCUT2D eigenvalue weighted by atomic mass is 9.83. The molecule has 4 fully saturated rings. The number of nitrogens with two attached hydrogens (primary N) is 1. The summed E-state index contributed by atoms with van der Waals surface area (Å²) in [6.07, 6.45) is 6.16. The molecule has 5 rings (SSSR count). The average Bonchev–Trinajstić information content (AvgIpc) is 3.85. The molecule has 46 heavy (non-hydrogen) atoms. The van der Waals surface area contributed by atoms with Crippen LogP contribution in [0.25, 0.3) is 0 Å². The van der Waals surface area contributed by atoms with E-state index in [0.717, 1.165) is 55.6 Å². The predicted octanol–water partition coefficient (Wildman–Crippen LogP) is 3.81. The number of fused-ring (bicyclic) bond motifs is 1. The monoisotopic (exact) mass is 655 g/mol. The number of nitrogens with zero attached hydrogens (tertiary/aromatic N) is 1. The highest BCUT2D eigenvalue weighted by Crippen LogP contribution is 2.65. The summed E-state index contributed by atoms with van der Waals surface area (Å²) < 4.78 is 0. The van der Waals surface area contributed by atoms with Gasteiger partial charge in [0.05, 0.1) is 23.7 Å². The number of hydrogen-bond donors (Lipinski definition) is 5. The highest BCUT2D eigenvalue weighted by atomic mass is 32.2. The highest BCUT2D eigenvalue weighted by molar-refractivity contribution is 7.99. The van der Waals surface area contributed by atoms with Gasteiger partial charge in [-0.2, -0.15) is 0 Å². The summed E-state index contributed by atoms with van der Waals surface area (Å²) in [7, 11) is 0. The smallest absolute Gasteiger partial charge is 0.315 e. The van der Waals surface area contributed by atoms with Crippen molar-refractivity contribution in [3.63, 3.8) is 0 Å². The molecule has 1 aliphatic heterocycles. The number of aliphatic hydroxyl groups is 1. The molecule has 10 nitrogen and oxygen atoms in total. The van der Waals surface area contributed by atoms with Crippen molar-refractivity contribution in [2.45, 2.75) is 121 Å². The third kappa shape index (κ3) is 7.73. The summed E-state index contributed by atoms with van der Waals surface area (Å²) in [5.74, 6) is -1.02. The molecule has 4 amide bonds. The molecule has 1 heterocycles. The minimum absolute atomic E-state index is 0.0256. The number of Topliss-reactive ketones (excluding diaryl/α,β-unsaturated/α-hetero) is 1. The summed E-state index contributed by atoms with van der Waals surface area (Å²) in [6.45, 7) is 10.6. The van der Waals surface area contributed by atoms with Crippen molar-refractivity contribution in [1.82, 2.24) is 20.9 Å². The Morgan fingerprint density at radius 3 is 2.28 bits per heavy atom. The molecule has 254 valence electrons. The van der Waals surface area contributed by atoms with E-state index in [9.17, 15) is 24.3 Å². The van der Waals surface area contributed by atoms with E-state index in [2.05, 4.69) is 41.9 Å². The van der Waals surface area contributed by atoms with Gasteiger partial charge in [-0.1, -0.05) is 84.9 Å². The van der Waals surface area contributed by atoms with Gasteiger partial charge in [0.2, 0.25) is 11.7 Å². The van der Waals surface area contributed by atoms with E-state index >= 15 is 0 Å². The number of hydrogen-bond acceptors (Lipinski definition) is 7. The van der Waals surface area contributed by atoms with Crippen LogP contribution in [0.5, 0.6) is 0 Å². The normalized spacial score (nSPS) is 27.0. The first-order valence-corrected chi connectivity index (χ1v) is 18.0. The van der Waals surface area contributed by atoms with Crippen LogP contribution in [0.15, 0.2) is 35.2 Å². The van der Waals surface area contributed by atoms with Gasteiger partial charge in [0, 0.05) is 17.2 Å². The van der Waals surface area contributed by atoms with Gasteiger partial charge < -0.3 is 26.8 Å². The van der Waals surface area contributed by atoms with Crippen LogP contribution in [-0.2, 0) is 14.4 Å². The highest BCUT2D eigenvalue weighted by Gasteiger charge is 2.69. The maximum Gasteiger partial charge on any atom is 0.315 e. The summed E-state index contributed by atoms with van der Waals surface area (Å²) in [5.41, 5.74) is 4.32. The van der Waals surface area contributed by atoms with E-state index in [1.54, 1.807) is 16.7 Å². The lowest BCUT2D eigenvalue weighted by Gasteiger charge is -2.44. The van der Waals surface area contributed by atoms with E-state index in [1.807, 2.05) is 39.0 Å². The van der Waals surface area contributed by atoms with E-state index in [1.165, 1.54) is 0 Å². The van der Waals surface area contributed by atoms with Crippen LogP contribution >= 0.6 is 11.8 Å². The maximum absolute atomic E-state index is 13.9. The lowest BCUT2D eigenvalue weighted by molar-refractivity contribution is -0.141. The van der Waals surface area contributed by atoms with Gasteiger partial charge in [0.25, 0.3) is 5.91 Å². The topological polar surface area (TPSA) is 154 Å². The molecule has 0 bridgehead atoms. The SMILES string of the molecule is CC1(C)C2CN(C(O)[C@@H](NC(=O)NC3(CSc4ccccc4)CCCCC3)C(C)(C)C)C(C(=O)NC(CC3CC3)C(=O)C(N)=O)C21. The number of aliphatic hydroxyl groups excluding tert-OH is 1. The van der Waals surface area contributed by atoms with Gasteiger partial charge in [-0.15, -0.1) is 11.8 Å². The molecule has 0 spiro atoms. The zero-order valence-electron chi connectivity index (χ0n) is 28.0. The number of piperidine rings is 1. The number of likely N-dealkylation sites (tertiary alicyclic amines) is 1. The molecule has 1 aromatic carbocycles. The molecule has 11 heteroatoms. The number of carbonyl (C=O) groups is 4. The number of ketones is 1. The largest absolute Gasteiger partial charge is 0.376 e. The predicted molar refractivity (Wildman–Crippen MR) is 179 cm³/mol. The third-order valence-electron chi connectivity index (χ3n) is 11.0. The van der Waals surface area contributed by atoms with Crippen LogP contribution in [-0.4, -0.2) is 75.8 Å². The molecular formula is C35H53N5O5S. The summed E-state index contributed by atoms with van der Waals surface area (Å²) in [5, 5.41) is 21.3. The number of amides is 4. The van der Waals surface area contributed by atoms with Crippen molar-refractivity contribution >= 4 is 35.4 Å². The number of nitrogens with one attached hydrogen (secondary N) is 3. The Bertz CT molecular complexity index is 1290. The first-order valence-electron chi connectivity index (χ1n) is 17.0. The van der Waals surface area contributed by atoms with Crippen molar-refractivity contribution in [2.24, 2.45) is 34.3 Å². The molecule has 6 atom stereocenters. The van der Waals surface area contributed by atoms with Gasteiger partial charge in [-0.25, -0.2) is 4.79 Å². The van der Waals surface area contributed by atoms with E-state index < -0.39 is 41.5 Å². The number of thioether (sulfide) groups is 1. The van der Waals surface area contributed by atoms with E-state index in [-0.39, 0.29) is 40.6 Å². The number of urea groups is 1. The van der Waals surface area contributed by atoms with Crippen LogP contribution in [0.1, 0.15) is 86.0 Å². The molecule has 3 saturated carbocycles. The number of benzene rings is 1. The third-order valence-corrected chi connectivity index (χ3v) is 12.3. The summed E-state index contributed by atoms with van der Waals surface area (Å²) >= 11 is 1.75. The Kier molecular flexibility index (Phi) is 10.2. The quantitative estimate of drug-likeness (QED) is 0.160. The molecular weight excluding hydrogens is 602 g/mol. The molecule has 0 aromatic heterocycles. The first kappa shape index (κ1) is 34.7. The Morgan fingerprint density at radius 1 is 1.04 bits per heavy atom. The van der Waals surface area contributed by atoms with Crippen molar-refractivity contribution in [3.05, 3.63) is 30.3 Å². The summed E-state index contributed by atoms with van der Waals surface area (Å²) in [6, 6.07) is 7.50. The summed E-state index contributed by atoms with van der Waals surface area (Å²) in [4.78, 5) is 55.1. The van der Waals surface area contributed by atoms with Crippen molar-refractivity contribution in [3.8, 4) is 0 Å². The van der Waals surface area contributed by atoms with Crippen LogP contribution in [0.3, 0.4) is 0 Å². The Balaban J connectivity index is 1.31. The van der Waals surface area contributed by atoms with Crippen LogP contribution in [0.4, 0.5) is 4.79 Å². The number of carbonyl (C=O) groups excluding carboxylic acids is 4. The zero-order chi connectivity index (χ0) is 33.4. The van der Waals surface area contributed by atoms with Crippen molar-refractivity contribution in [1.29, 1.82) is 0 Å². The van der Waals surface area contributed by atoms with Crippen molar-refractivity contribution in [2.75, 3.05) is 12.3 Å². The van der Waals surface area contributed by atoms with E-state index in [4.69, 9.17) is 5.73 Å². The Hall–Kier alpha value is -2.63. The fourth-order valence-corrected chi connectivity index (χ4v) is 9.02. The Morgan fingerprint density at radius 2 is 1.70 bits per heavy atom.